The van der Waals surface area contributed by atoms with Gasteiger partial charge in [0.25, 0.3) is 0 Å². The molecule has 2 unspecified atom stereocenters. The molecule has 1 fully saturated rings. The highest BCUT2D eigenvalue weighted by atomic mass is 16.5. The minimum absolute atomic E-state index is 0.152. The van der Waals surface area contributed by atoms with Gasteiger partial charge in [0.15, 0.2) is 0 Å². The average molecular weight is 300 g/mol. The maximum Gasteiger partial charge on any atom is 0.120 e. The summed E-state index contributed by atoms with van der Waals surface area (Å²) in [5, 5.41) is 0. The van der Waals surface area contributed by atoms with Crippen LogP contribution in [0, 0.1) is 5.92 Å². The Morgan fingerprint density at radius 2 is 1.91 bits per heavy atom. The zero-order valence-electron chi connectivity index (χ0n) is 14.4. The summed E-state index contributed by atoms with van der Waals surface area (Å²) in [4.78, 5) is 0. The third kappa shape index (κ3) is 5.51. The van der Waals surface area contributed by atoms with E-state index in [0.29, 0.717) is 0 Å². The van der Waals surface area contributed by atoms with Crippen LogP contribution >= 0.6 is 0 Å². The van der Waals surface area contributed by atoms with Crippen LogP contribution in [0.5, 0.6) is 0 Å². The van der Waals surface area contributed by atoms with Gasteiger partial charge in [-0.1, -0.05) is 69.4 Å². The van der Waals surface area contributed by atoms with Crippen molar-refractivity contribution in [3.8, 4) is 0 Å². The molecule has 122 valence electrons. The number of rotatable bonds is 9. The van der Waals surface area contributed by atoms with Crippen molar-refractivity contribution in [1.82, 2.24) is 0 Å². The second kappa shape index (κ2) is 9.71. The quantitative estimate of drug-likeness (QED) is 0.359. The highest BCUT2D eigenvalue weighted by molar-refractivity contribution is 5.17. The molecular weight excluding hydrogens is 268 g/mol. The lowest BCUT2D eigenvalue weighted by atomic mass is 9.96. The average Bonchev–Trinajstić information content (AvgIpc) is 3.00. The van der Waals surface area contributed by atoms with Crippen molar-refractivity contribution in [2.75, 3.05) is 0 Å². The van der Waals surface area contributed by atoms with Crippen LogP contribution in [-0.4, -0.2) is 0 Å². The molecule has 0 radical (unpaired) electrons. The fourth-order valence-electron chi connectivity index (χ4n) is 3.41. The van der Waals surface area contributed by atoms with Crippen LogP contribution in [0.1, 0.15) is 83.3 Å². The van der Waals surface area contributed by atoms with Gasteiger partial charge in [-0.3, -0.25) is 0 Å². The number of benzene rings is 1. The third-order valence-corrected chi connectivity index (χ3v) is 4.89. The van der Waals surface area contributed by atoms with Gasteiger partial charge in [0.2, 0.25) is 0 Å². The normalized spacial score (nSPS) is 21.2. The van der Waals surface area contributed by atoms with Crippen LogP contribution in [0.2, 0.25) is 0 Å². The zero-order valence-corrected chi connectivity index (χ0v) is 14.4. The van der Waals surface area contributed by atoms with Crippen LogP contribution in [0.4, 0.5) is 0 Å². The molecule has 2 atom stereocenters. The molecule has 0 N–H and O–H groups in total. The standard InChI is InChI=1S/C21H32O/c1-3-4-5-6-8-14-20-15-11-16-21(20)17-22-18(2)19-12-9-7-10-13-19/h7,9-10,12-13,17-18,20H,3-6,8,11,14-16H2,1-2H3. The SMILES string of the molecule is CCCCCCCC1CCCC1=COC(C)c1ccccc1. The molecule has 1 aromatic rings. The molecule has 0 aliphatic heterocycles. The molecule has 1 saturated carbocycles. The van der Waals surface area contributed by atoms with E-state index in [4.69, 9.17) is 4.74 Å². The van der Waals surface area contributed by atoms with Gasteiger partial charge in [-0.25, -0.2) is 0 Å². The Kier molecular flexibility index (Phi) is 7.56. The summed E-state index contributed by atoms with van der Waals surface area (Å²) in [5.74, 6) is 0.782. The lowest BCUT2D eigenvalue weighted by molar-refractivity contribution is 0.160. The lowest BCUT2D eigenvalue weighted by Crippen LogP contribution is -2.00. The molecule has 0 aromatic heterocycles. The lowest BCUT2D eigenvalue weighted by Gasteiger charge is -2.15. The number of hydrogen-bond donors (Lipinski definition) is 0. The van der Waals surface area contributed by atoms with E-state index < -0.39 is 0 Å². The maximum absolute atomic E-state index is 6.03. The van der Waals surface area contributed by atoms with Crippen molar-refractivity contribution in [1.29, 1.82) is 0 Å². The summed E-state index contributed by atoms with van der Waals surface area (Å²) in [6.45, 7) is 4.42. The molecule has 2 rings (SSSR count). The van der Waals surface area contributed by atoms with E-state index >= 15 is 0 Å². The summed E-state index contributed by atoms with van der Waals surface area (Å²) in [6, 6.07) is 10.5. The van der Waals surface area contributed by atoms with E-state index in [1.54, 1.807) is 5.57 Å². The number of unbranched alkanes of at least 4 members (excludes halogenated alkanes) is 4. The molecule has 1 heteroatoms. The first-order valence-electron chi connectivity index (χ1n) is 9.20. The molecule has 0 bridgehead atoms. The Hall–Kier alpha value is -1.24. The van der Waals surface area contributed by atoms with Gasteiger partial charge in [0.05, 0.1) is 6.26 Å². The topological polar surface area (TPSA) is 9.23 Å². The summed E-state index contributed by atoms with van der Waals surface area (Å²) in [7, 11) is 0. The Morgan fingerprint density at radius 3 is 2.68 bits per heavy atom. The van der Waals surface area contributed by atoms with Gasteiger partial charge >= 0.3 is 0 Å². The van der Waals surface area contributed by atoms with Crippen LogP contribution in [0.25, 0.3) is 0 Å². The van der Waals surface area contributed by atoms with Crippen molar-refractivity contribution in [2.45, 2.75) is 77.7 Å². The van der Waals surface area contributed by atoms with E-state index in [2.05, 4.69) is 50.4 Å². The van der Waals surface area contributed by atoms with Crippen molar-refractivity contribution in [2.24, 2.45) is 5.92 Å². The first kappa shape index (κ1) is 17.1. The minimum atomic E-state index is 0.152. The van der Waals surface area contributed by atoms with Crippen LogP contribution < -0.4 is 0 Å². The van der Waals surface area contributed by atoms with E-state index in [9.17, 15) is 0 Å². The highest BCUT2D eigenvalue weighted by Gasteiger charge is 2.21. The Morgan fingerprint density at radius 1 is 1.14 bits per heavy atom. The van der Waals surface area contributed by atoms with Gasteiger partial charge in [0, 0.05) is 0 Å². The third-order valence-electron chi connectivity index (χ3n) is 4.89. The molecule has 0 amide bonds. The van der Waals surface area contributed by atoms with E-state index in [1.807, 2.05) is 0 Å². The molecule has 0 spiro atoms. The first-order valence-corrected chi connectivity index (χ1v) is 9.20. The first-order chi connectivity index (χ1) is 10.8. The minimum Gasteiger partial charge on any atom is -0.494 e. The number of ether oxygens (including phenoxy) is 1. The summed E-state index contributed by atoms with van der Waals surface area (Å²) in [6.07, 6.45) is 14.5. The fraction of sp³-hybridized carbons (Fsp3) is 0.619. The summed E-state index contributed by atoms with van der Waals surface area (Å²) >= 11 is 0. The second-order valence-corrected chi connectivity index (χ2v) is 6.67. The number of hydrogen-bond acceptors (Lipinski definition) is 1. The molecule has 1 aromatic carbocycles. The summed E-state index contributed by atoms with van der Waals surface area (Å²) < 4.78 is 6.03. The van der Waals surface area contributed by atoms with E-state index in [-0.39, 0.29) is 6.10 Å². The molecule has 22 heavy (non-hydrogen) atoms. The molecule has 0 saturated heterocycles. The van der Waals surface area contributed by atoms with Crippen LogP contribution in [-0.2, 0) is 4.74 Å². The van der Waals surface area contributed by atoms with Gasteiger partial charge in [-0.15, -0.1) is 0 Å². The van der Waals surface area contributed by atoms with Gasteiger partial charge in [0.1, 0.15) is 6.10 Å². The van der Waals surface area contributed by atoms with E-state index in [1.165, 1.54) is 63.4 Å². The molecule has 1 aliphatic carbocycles. The molecule has 0 heterocycles. The number of allylic oxidation sites excluding steroid dienone is 1. The Balaban J connectivity index is 1.77. The Bertz CT molecular complexity index is 434. The van der Waals surface area contributed by atoms with Gasteiger partial charge in [-0.2, -0.15) is 0 Å². The summed E-state index contributed by atoms with van der Waals surface area (Å²) in [5.41, 5.74) is 2.81. The highest BCUT2D eigenvalue weighted by Crippen LogP contribution is 2.35. The fourth-order valence-corrected chi connectivity index (χ4v) is 3.41. The van der Waals surface area contributed by atoms with Crippen molar-refractivity contribution < 1.29 is 4.74 Å². The van der Waals surface area contributed by atoms with Gasteiger partial charge in [-0.05, 0) is 49.7 Å². The van der Waals surface area contributed by atoms with E-state index in [0.717, 1.165) is 5.92 Å². The Labute approximate surface area is 136 Å². The predicted octanol–water partition coefficient (Wildman–Crippen LogP) is 6.81. The molecule has 1 aliphatic rings. The largest absolute Gasteiger partial charge is 0.494 e. The van der Waals surface area contributed by atoms with Crippen LogP contribution in [0.3, 0.4) is 0 Å². The van der Waals surface area contributed by atoms with Gasteiger partial charge < -0.3 is 4.74 Å². The van der Waals surface area contributed by atoms with Crippen LogP contribution in [0.15, 0.2) is 42.2 Å². The van der Waals surface area contributed by atoms with Crippen molar-refractivity contribution in [3.05, 3.63) is 47.7 Å². The van der Waals surface area contributed by atoms with Crippen molar-refractivity contribution >= 4 is 0 Å². The maximum atomic E-state index is 6.03. The smallest absolute Gasteiger partial charge is 0.120 e. The molecular formula is C21H32O. The van der Waals surface area contributed by atoms with Crippen molar-refractivity contribution in [3.63, 3.8) is 0 Å². The predicted molar refractivity (Wildman–Crippen MR) is 94.7 cm³/mol. The monoisotopic (exact) mass is 300 g/mol. The molecule has 1 nitrogen and oxygen atoms in total. The zero-order chi connectivity index (χ0) is 15.6. The second-order valence-electron chi connectivity index (χ2n) is 6.67.